The molecule has 2 fully saturated rings. The molecule has 4 nitrogen and oxygen atoms in total. The number of nitrogens with zero attached hydrogens (tertiary/aromatic N) is 2. The summed E-state index contributed by atoms with van der Waals surface area (Å²) in [7, 11) is 0. The highest BCUT2D eigenvalue weighted by molar-refractivity contribution is 9.10. The second-order valence-electron chi connectivity index (χ2n) is 5.15. The molecule has 1 aromatic rings. The van der Waals surface area contributed by atoms with Crippen LogP contribution in [0.1, 0.15) is 12.8 Å². The van der Waals surface area contributed by atoms with Gasteiger partial charge in [-0.2, -0.15) is 0 Å². The number of urea groups is 1. The van der Waals surface area contributed by atoms with Crippen molar-refractivity contribution in [2.24, 2.45) is 0 Å². The Hall–Kier alpha value is -1.23. The fraction of sp³-hybridized carbons (Fsp3) is 0.500. The molecule has 3 rings (SSSR count). The van der Waals surface area contributed by atoms with Gasteiger partial charge in [-0.15, -0.1) is 0 Å². The van der Waals surface area contributed by atoms with E-state index in [2.05, 4.69) is 38.3 Å². The number of anilines is 1. The van der Waals surface area contributed by atoms with Crippen LogP contribution in [0, 0.1) is 0 Å². The van der Waals surface area contributed by atoms with Crippen molar-refractivity contribution in [3.63, 3.8) is 0 Å². The van der Waals surface area contributed by atoms with E-state index >= 15 is 0 Å². The molecule has 0 radical (unpaired) electrons. The van der Waals surface area contributed by atoms with E-state index in [0.717, 1.165) is 43.5 Å². The number of para-hydroxylation sites is 1. The quantitative estimate of drug-likeness (QED) is 0.907. The maximum Gasteiger partial charge on any atom is 0.317 e. The Morgan fingerprint density at radius 1 is 1.16 bits per heavy atom. The van der Waals surface area contributed by atoms with Gasteiger partial charge in [0.1, 0.15) is 0 Å². The SMILES string of the molecule is O=C(NC1CC1)N1CCN(c2ccccc2Br)CC1. The number of carbonyl (C=O) groups excluding carboxylic acids is 1. The lowest BCUT2D eigenvalue weighted by atomic mass is 10.2. The Bertz CT molecular complexity index is 468. The summed E-state index contributed by atoms with van der Waals surface area (Å²) in [6, 6.07) is 8.79. The van der Waals surface area contributed by atoms with E-state index in [1.807, 2.05) is 17.0 Å². The van der Waals surface area contributed by atoms with E-state index in [1.54, 1.807) is 0 Å². The van der Waals surface area contributed by atoms with Gasteiger partial charge in [0.15, 0.2) is 0 Å². The van der Waals surface area contributed by atoms with Gasteiger partial charge in [-0.25, -0.2) is 4.79 Å². The first-order chi connectivity index (χ1) is 9.24. The van der Waals surface area contributed by atoms with E-state index in [0.29, 0.717) is 6.04 Å². The van der Waals surface area contributed by atoms with Crippen molar-refractivity contribution in [2.45, 2.75) is 18.9 Å². The van der Waals surface area contributed by atoms with Gasteiger partial charge in [0.25, 0.3) is 0 Å². The molecule has 1 heterocycles. The van der Waals surface area contributed by atoms with Crippen molar-refractivity contribution < 1.29 is 4.79 Å². The molecule has 1 N–H and O–H groups in total. The number of nitrogens with one attached hydrogen (secondary N) is 1. The van der Waals surface area contributed by atoms with Crippen LogP contribution in [0.5, 0.6) is 0 Å². The van der Waals surface area contributed by atoms with Crippen LogP contribution in [0.25, 0.3) is 0 Å². The molecule has 0 aromatic heterocycles. The Kier molecular flexibility index (Phi) is 3.64. The lowest BCUT2D eigenvalue weighted by molar-refractivity contribution is 0.194. The molecule has 0 bridgehead atoms. The monoisotopic (exact) mass is 323 g/mol. The van der Waals surface area contributed by atoms with E-state index < -0.39 is 0 Å². The highest BCUT2D eigenvalue weighted by atomic mass is 79.9. The number of piperazine rings is 1. The summed E-state index contributed by atoms with van der Waals surface area (Å²) in [5.41, 5.74) is 1.21. The topological polar surface area (TPSA) is 35.6 Å². The van der Waals surface area contributed by atoms with Gasteiger partial charge < -0.3 is 15.1 Å². The fourth-order valence-electron chi connectivity index (χ4n) is 2.35. The molecule has 1 saturated carbocycles. The van der Waals surface area contributed by atoms with Crippen LogP contribution < -0.4 is 10.2 Å². The van der Waals surface area contributed by atoms with E-state index in [1.165, 1.54) is 5.69 Å². The molecule has 2 amide bonds. The summed E-state index contributed by atoms with van der Waals surface area (Å²) in [6.07, 6.45) is 2.28. The highest BCUT2D eigenvalue weighted by Gasteiger charge is 2.27. The van der Waals surface area contributed by atoms with Crippen LogP contribution >= 0.6 is 15.9 Å². The van der Waals surface area contributed by atoms with E-state index in [4.69, 9.17) is 0 Å². The first kappa shape index (κ1) is 12.8. The van der Waals surface area contributed by atoms with Crippen LogP contribution in [0.4, 0.5) is 10.5 Å². The summed E-state index contributed by atoms with van der Waals surface area (Å²) >= 11 is 3.58. The molecule has 0 unspecified atom stereocenters. The van der Waals surface area contributed by atoms with Gasteiger partial charge in [0, 0.05) is 36.7 Å². The maximum atomic E-state index is 11.9. The van der Waals surface area contributed by atoms with Gasteiger partial charge in [-0.3, -0.25) is 0 Å². The minimum atomic E-state index is 0.106. The number of rotatable bonds is 2. The molecule has 0 atom stereocenters. The van der Waals surface area contributed by atoms with Gasteiger partial charge in [0.2, 0.25) is 0 Å². The number of carbonyl (C=O) groups is 1. The summed E-state index contributed by atoms with van der Waals surface area (Å²) in [5.74, 6) is 0. The Balaban J connectivity index is 1.57. The zero-order valence-electron chi connectivity index (χ0n) is 10.8. The lowest BCUT2D eigenvalue weighted by Gasteiger charge is -2.36. The molecule has 1 saturated heterocycles. The van der Waals surface area contributed by atoms with Crippen molar-refractivity contribution in [3.8, 4) is 0 Å². The minimum Gasteiger partial charge on any atom is -0.367 e. The van der Waals surface area contributed by atoms with Crippen LogP contribution in [-0.4, -0.2) is 43.2 Å². The predicted molar refractivity (Wildman–Crippen MR) is 79.5 cm³/mol. The van der Waals surface area contributed by atoms with Gasteiger partial charge in [-0.1, -0.05) is 12.1 Å². The largest absolute Gasteiger partial charge is 0.367 e. The number of benzene rings is 1. The summed E-state index contributed by atoms with van der Waals surface area (Å²) in [5, 5.41) is 3.05. The van der Waals surface area contributed by atoms with Crippen molar-refractivity contribution in [2.75, 3.05) is 31.1 Å². The second-order valence-corrected chi connectivity index (χ2v) is 6.00. The normalized spacial score (nSPS) is 19.4. The molecule has 1 aliphatic carbocycles. The standard InChI is InChI=1S/C14H18BrN3O/c15-12-3-1-2-4-13(12)17-7-9-18(10-8-17)14(19)16-11-5-6-11/h1-4,11H,5-10H2,(H,16,19). The third kappa shape index (κ3) is 3.03. The lowest BCUT2D eigenvalue weighted by Crippen LogP contribution is -2.52. The summed E-state index contributed by atoms with van der Waals surface area (Å²) in [6.45, 7) is 3.36. The minimum absolute atomic E-state index is 0.106. The molecular formula is C14H18BrN3O. The van der Waals surface area contributed by atoms with Gasteiger partial charge in [0.05, 0.1) is 5.69 Å². The van der Waals surface area contributed by atoms with Crippen LogP contribution in [0.2, 0.25) is 0 Å². The zero-order chi connectivity index (χ0) is 13.2. The average molecular weight is 324 g/mol. The Morgan fingerprint density at radius 2 is 1.84 bits per heavy atom. The highest BCUT2D eigenvalue weighted by Crippen LogP contribution is 2.26. The number of amides is 2. The first-order valence-electron chi connectivity index (χ1n) is 6.79. The summed E-state index contributed by atoms with van der Waals surface area (Å²) < 4.78 is 1.12. The zero-order valence-corrected chi connectivity index (χ0v) is 12.4. The third-order valence-electron chi connectivity index (χ3n) is 3.66. The van der Waals surface area contributed by atoms with Crippen LogP contribution in [0.15, 0.2) is 28.7 Å². The smallest absolute Gasteiger partial charge is 0.317 e. The van der Waals surface area contributed by atoms with E-state index in [-0.39, 0.29) is 6.03 Å². The Labute approximate surface area is 121 Å². The van der Waals surface area contributed by atoms with Crippen molar-refractivity contribution in [3.05, 3.63) is 28.7 Å². The van der Waals surface area contributed by atoms with Gasteiger partial charge >= 0.3 is 6.03 Å². The third-order valence-corrected chi connectivity index (χ3v) is 4.34. The molecule has 2 aliphatic rings. The molecule has 0 spiro atoms. The number of hydrogen-bond acceptors (Lipinski definition) is 2. The number of hydrogen-bond donors (Lipinski definition) is 1. The molecule has 5 heteroatoms. The number of halogens is 1. The van der Waals surface area contributed by atoms with Crippen molar-refractivity contribution >= 4 is 27.6 Å². The fourth-order valence-corrected chi connectivity index (χ4v) is 2.89. The molecule has 19 heavy (non-hydrogen) atoms. The van der Waals surface area contributed by atoms with Gasteiger partial charge in [-0.05, 0) is 40.9 Å². The van der Waals surface area contributed by atoms with Crippen LogP contribution in [-0.2, 0) is 0 Å². The average Bonchev–Trinajstić information content (AvgIpc) is 3.23. The molecular weight excluding hydrogens is 306 g/mol. The molecule has 1 aliphatic heterocycles. The van der Waals surface area contributed by atoms with Crippen LogP contribution in [0.3, 0.4) is 0 Å². The molecule has 1 aromatic carbocycles. The second kappa shape index (κ2) is 5.41. The van der Waals surface area contributed by atoms with Crippen molar-refractivity contribution in [1.29, 1.82) is 0 Å². The first-order valence-corrected chi connectivity index (χ1v) is 7.58. The molecule has 102 valence electrons. The Morgan fingerprint density at radius 3 is 2.47 bits per heavy atom. The summed E-state index contributed by atoms with van der Waals surface area (Å²) in [4.78, 5) is 16.2. The van der Waals surface area contributed by atoms with Crippen molar-refractivity contribution in [1.82, 2.24) is 10.2 Å². The predicted octanol–water partition coefficient (Wildman–Crippen LogP) is 2.44. The maximum absolute atomic E-state index is 11.9. The van der Waals surface area contributed by atoms with E-state index in [9.17, 15) is 4.79 Å².